The minimum atomic E-state index is -0.397. The molecule has 27 heavy (non-hydrogen) atoms. The fourth-order valence-electron chi connectivity index (χ4n) is 3.71. The lowest BCUT2D eigenvalue weighted by atomic mass is 10.0. The van der Waals surface area contributed by atoms with Crippen molar-refractivity contribution in [1.82, 2.24) is 5.32 Å². The molecule has 0 atom stereocenters. The first-order valence-corrected chi connectivity index (χ1v) is 9.90. The topological polar surface area (TPSA) is 75.5 Å². The lowest BCUT2D eigenvalue weighted by molar-refractivity contribution is -0.384. The summed E-state index contributed by atoms with van der Waals surface area (Å²) in [6.07, 6.45) is 3.81. The van der Waals surface area contributed by atoms with Gasteiger partial charge >= 0.3 is 0 Å². The SMILES string of the molecule is O=C(NC1(c2ccc(Br)cc2)CC1)c1ccc(N2CCCC2)c([N+](=O)[O-])c1. The molecular formula is C20H20BrN3O3. The van der Waals surface area contributed by atoms with Crippen LogP contribution in [-0.4, -0.2) is 23.9 Å². The molecule has 2 aliphatic rings. The van der Waals surface area contributed by atoms with Gasteiger partial charge in [0.05, 0.1) is 10.5 Å². The fraction of sp³-hybridized carbons (Fsp3) is 0.350. The van der Waals surface area contributed by atoms with Gasteiger partial charge in [0.2, 0.25) is 0 Å². The van der Waals surface area contributed by atoms with Crippen LogP contribution in [0.5, 0.6) is 0 Å². The molecule has 1 heterocycles. The Morgan fingerprint density at radius 1 is 1.11 bits per heavy atom. The second kappa shape index (κ2) is 6.96. The molecule has 1 saturated carbocycles. The van der Waals surface area contributed by atoms with Gasteiger partial charge in [-0.3, -0.25) is 14.9 Å². The largest absolute Gasteiger partial charge is 0.366 e. The van der Waals surface area contributed by atoms with Crippen molar-refractivity contribution in [1.29, 1.82) is 0 Å². The first-order chi connectivity index (χ1) is 13.0. The van der Waals surface area contributed by atoms with Crippen LogP contribution in [0.4, 0.5) is 11.4 Å². The lowest BCUT2D eigenvalue weighted by Gasteiger charge is -2.20. The highest BCUT2D eigenvalue weighted by Gasteiger charge is 2.45. The highest BCUT2D eigenvalue weighted by molar-refractivity contribution is 9.10. The summed E-state index contributed by atoms with van der Waals surface area (Å²) >= 11 is 3.42. The fourth-order valence-corrected chi connectivity index (χ4v) is 3.97. The maximum atomic E-state index is 12.8. The second-order valence-corrected chi connectivity index (χ2v) is 8.11. The number of halogens is 1. The zero-order valence-electron chi connectivity index (χ0n) is 14.8. The van der Waals surface area contributed by atoms with E-state index < -0.39 is 4.92 Å². The predicted molar refractivity (Wildman–Crippen MR) is 107 cm³/mol. The van der Waals surface area contributed by atoms with Crippen LogP contribution < -0.4 is 10.2 Å². The standard InChI is InChI=1S/C20H20BrN3O3/c21-16-6-4-15(5-7-16)20(9-10-20)22-19(25)14-3-8-17(18(13-14)24(26)27)23-11-1-2-12-23/h3-8,13H,1-2,9-12H2,(H,22,25). The van der Waals surface area contributed by atoms with Crippen LogP contribution in [0.25, 0.3) is 0 Å². The molecule has 1 N–H and O–H groups in total. The van der Waals surface area contributed by atoms with E-state index in [2.05, 4.69) is 21.2 Å². The molecule has 2 aromatic rings. The molecule has 140 valence electrons. The van der Waals surface area contributed by atoms with E-state index in [0.29, 0.717) is 11.3 Å². The molecule has 4 rings (SSSR count). The van der Waals surface area contributed by atoms with E-state index in [1.54, 1.807) is 12.1 Å². The molecule has 1 aliphatic heterocycles. The van der Waals surface area contributed by atoms with E-state index in [0.717, 1.165) is 48.8 Å². The molecule has 1 amide bonds. The van der Waals surface area contributed by atoms with Gasteiger partial charge in [-0.1, -0.05) is 28.1 Å². The van der Waals surface area contributed by atoms with E-state index >= 15 is 0 Å². The van der Waals surface area contributed by atoms with Crippen molar-refractivity contribution in [2.75, 3.05) is 18.0 Å². The number of anilines is 1. The monoisotopic (exact) mass is 429 g/mol. The third-order valence-corrected chi connectivity index (χ3v) is 5.91. The van der Waals surface area contributed by atoms with Crippen molar-refractivity contribution in [3.63, 3.8) is 0 Å². The third-order valence-electron chi connectivity index (χ3n) is 5.38. The van der Waals surface area contributed by atoms with Crippen molar-refractivity contribution < 1.29 is 9.72 Å². The smallest absolute Gasteiger partial charge is 0.293 e. The van der Waals surface area contributed by atoms with Gasteiger partial charge in [-0.25, -0.2) is 0 Å². The average molecular weight is 430 g/mol. The van der Waals surface area contributed by atoms with E-state index in [4.69, 9.17) is 0 Å². The van der Waals surface area contributed by atoms with Crippen LogP contribution in [-0.2, 0) is 5.54 Å². The zero-order chi connectivity index (χ0) is 19.0. The van der Waals surface area contributed by atoms with E-state index in [-0.39, 0.29) is 17.1 Å². The van der Waals surface area contributed by atoms with Crippen LogP contribution in [0, 0.1) is 10.1 Å². The minimum Gasteiger partial charge on any atom is -0.366 e. The van der Waals surface area contributed by atoms with Gasteiger partial charge in [-0.2, -0.15) is 0 Å². The molecule has 1 saturated heterocycles. The zero-order valence-corrected chi connectivity index (χ0v) is 16.4. The highest BCUT2D eigenvalue weighted by atomic mass is 79.9. The molecule has 7 heteroatoms. The number of nitro benzene ring substituents is 1. The van der Waals surface area contributed by atoms with Crippen LogP contribution in [0.2, 0.25) is 0 Å². The second-order valence-electron chi connectivity index (χ2n) is 7.20. The summed E-state index contributed by atoms with van der Waals surface area (Å²) < 4.78 is 0.988. The van der Waals surface area contributed by atoms with E-state index in [1.165, 1.54) is 6.07 Å². The summed E-state index contributed by atoms with van der Waals surface area (Å²) in [6.45, 7) is 1.64. The summed E-state index contributed by atoms with van der Waals surface area (Å²) in [5.41, 5.74) is 1.62. The van der Waals surface area contributed by atoms with Crippen LogP contribution >= 0.6 is 15.9 Å². The third kappa shape index (κ3) is 3.56. The number of hydrogen-bond acceptors (Lipinski definition) is 4. The van der Waals surface area contributed by atoms with Gasteiger partial charge in [0, 0.05) is 29.2 Å². The minimum absolute atomic E-state index is 0.00182. The highest BCUT2D eigenvalue weighted by Crippen LogP contribution is 2.46. The molecule has 0 spiro atoms. The molecule has 0 radical (unpaired) electrons. The number of carbonyl (C=O) groups is 1. The Morgan fingerprint density at radius 3 is 2.37 bits per heavy atom. The molecule has 0 unspecified atom stereocenters. The van der Waals surface area contributed by atoms with E-state index in [1.807, 2.05) is 29.2 Å². The van der Waals surface area contributed by atoms with Crippen molar-refractivity contribution in [2.24, 2.45) is 0 Å². The van der Waals surface area contributed by atoms with E-state index in [9.17, 15) is 14.9 Å². The number of benzene rings is 2. The Labute approximate surface area is 165 Å². The number of nitrogens with one attached hydrogen (secondary N) is 1. The predicted octanol–water partition coefficient (Wildman–Crippen LogP) is 4.38. The number of amides is 1. The first kappa shape index (κ1) is 18.0. The average Bonchev–Trinajstić information content (AvgIpc) is 3.23. The number of rotatable bonds is 5. The molecule has 2 aromatic carbocycles. The quantitative estimate of drug-likeness (QED) is 0.565. The van der Waals surface area contributed by atoms with Gasteiger partial charge in [0.25, 0.3) is 11.6 Å². The summed E-state index contributed by atoms with van der Waals surface area (Å²) in [5.74, 6) is -0.272. The summed E-state index contributed by atoms with van der Waals surface area (Å²) in [5, 5.41) is 14.6. The normalized spacial score (nSPS) is 17.6. The molecule has 2 fully saturated rings. The van der Waals surface area contributed by atoms with Crippen LogP contribution in [0.15, 0.2) is 46.9 Å². The number of carbonyl (C=O) groups excluding carboxylic acids is 1. The van der Waals surface area contributed by atoms with Crippen molar-refractivity contribution >= 4 is 33.2 Å². The Balaban J connectivity index is 1.57. The van der Waals surface area contributed by atoms with Gasteiger partial charge in [0.15, 0.2) is 0 Å². The Bertz CT molecular complexity index is 888. The Morgan fingerprint density at radius 2 is 1.78 bits per heavy atom. The summed E-state index contributed by atoms with van der Waals surface area (Å²) in [4.78, 5) is 26.0. The van der Waals surface area contributed by atoms with Crippen molar-refractivity contribution in [3.05, 3.63) is 68.2 Å². The number of hydrogen-bond donors (Lipinski definition) is 1. The van der Waals surface area contributed by atoms with Gasteiger partial charge in [-0.05, 0) is 55.5 Å². The molecule has 0 bridgehead atoms. The van der Waals surface area contributed by atoms with Crippen molar-refractivity contribution in [3.8, 4) is 0 Å². The van der Waals surface area contributed by atoms with Gasteiger partial charge < -0.3 is 10.2 Å². The molecular weight excluding hydrogens is 410 g/mol. The molecule has 6 nitrogen and oxygen atoms in total. The molecule has 1 aliphatic carbocycles. The first-order valence-electron chi connectivity index (χ1n) is 9.10. The maximum Gasteiger partial charge on any atom is 0.293 e. The number of nitrogens with zero attached hydrogens (tertiary/aromatic N) is 2. The number of nitro groups is 1. The maximum absolute atomic E-state index is 12.8. The summed E-state index contributed by atoms with van der Waals surface area (Å²) in [7, 11) is 0. The summed E-state index contributed by atoms with van der Waals surface area (Å²) in [6, 6.07) is 12.7. The van der Waals surface area contributed by atoms with Gasteiger partial charge in [0.1, 0.15) is 5.69 Å². The van der Waals surface area contributed by atoms with Crippen LogP contribution in [0.3, 0.4) is 0 Å². The Kier molecular flexibility index (Phi) is 4.63. The lowest BCUT2D eigenvalue weighted by Crippen LogP contribution is -2.34. The molecule has 0 aromatic heterocycles. The van der Waals surface area contributed by atoms with Crippen molar-refractivity contribution in [2.45, 2.75) is 31.2 Å². The van der Waals surface area contributed by atoms with Gasteiger partial charge in [-0.15, -0.1) is 0 Å². The Hall–Kier alpha value is -2.41. The van der Waals surface area contributed by atoms with Crippen LogP contribution in [0.1, 0.15) is 41.6 Å².